The number of furan rings is 1. The quantitative estimate of drug-likeness (QED) is 0.201. The zero-order valence-corrected chi connectivity index (χ0v) is 27.6. The summed E-state index contributed by atoms with van der Waals surface area (Å²) in [6.07, 6.45) is -0.326. The van der Waals surface area contributed by atoms with Crippen LogP contribution in [0.2, 0.25) is 0 Å². The summed E-state index contributed by atoms with van der Waals surface area (Å²) in [7, 11) is 0. The van der Waals surface area contributed by atoms with Crippen molar-refractivity contribution in [2.24, 2.45) is 9.98 Å². The molecule has 10 rings (SSSR count). The van der Waals surface area contributed by atoms with E-state index < -0.39 is 0 Å². The molecule has 4 heteroatoms. The zero-order chi connectivity index (χ0) is 33.7. The van der Waals surface area contributed by atoms with Gasteiger partial charge in [-0.2, -0.15) is 0 Å². The highest BCUT2D eigenvalue weighted by atomic mass is 16.3. The minimum Gasteiger partial charge on any atom is -0.455 e. The van der Waals surface area contributed by atoms with E-state index in [1.54, 1.807) is 0 Å². The van der Waals surface area contributed by atoms with E-state index in [2.05, 4.69) is 163 Å². The van der Waals surface area contributed by atoms with Gasteiger partial charge in [-0.15, -0.1) is 0 Å². The maximum absolute atomic E-state index is 6.68. The third-order valence-corrected chi connectivity index (χ3v) is 9.91. The van der Waals surface area contributed by atoms with Gasteiger partial charge in [0.15, 0.2) is 5.84 Å². The minimum absolute atomic E-state index is 0.326. The normalized spacial score (nSPS) is 14.5. The van der Waals surface area contributed by atoms with Gasteiger partial charge in [-0.3, -0.25) is 0 Å². The fraction of sp³-hybridized carbons (Fsp3) is 0.0213. The standard InChI is InChI=1S/C47H31N3O/c1-3-11-30(12-4-1)35-22-19-32-21-24-37(29-38(32)28-35)46-48-45(33-14-5-2-6-15-33)49-47(50-46)41-26-25-39(36-23-20-31-13-7-8-16-34(31)27-36)44-43(41)40-17-9-10-18-42(40)51-44/h1-29,45H,(H,48,49,50). The number of fused-ring (bicyclic) bond motifs is 5. The van der Waals surface area contributed by atoms with Crippen LogP contribution in [0.15, 0.2) is 190 Å². The maximum atomic E-state index is 6.68. The van der Waals surface area contributed by atoms with Crippen LogP contribution in [0.5, 0.6) is 0 Å². The van der Waals surface area contributed by atoms with Gasteiger partial charge in [0.25, 0.3) is 0 Å². The number of hydrogen-bond donors (Lipinski definition) is 1. The molecule has 0 amide bonds. The van der Waals surface area contributed by atoms with Crippen molar-refractivity contribution in [3.05, 3.63) is 193 Å². The number of hydrogen-bond acceptors (Lipinski definition) is 4. The Bertz CT molecular complexity index is 2830. The van der Waals surface area contributed by atoms with Crippen molar-refractivity contribution in [1.82, 2.24) is 5.32 Å². The van der Waals surface area contributed by atoms with Crippen molar-refractivity contribution in [3.8, 4) is 22.3 Å². The monoisotopic (exact) mass is 653 g/mol. The summed E-state index contributed by atoms with van der Waals surface area (Å²) in [5.41, 5.74) is 9.20. The molecule has 0 fully saturated rings. The molecule has 1 aliphatic heterocycles. The van der Waals surface area contributed by atoms with Gasteiger partial charge in [0.1, 0.15) is 23.2 Å². The lowest BCUT2D eigenvalue weighted by atomic mass is 9.96. The van der Waals surface area contributed by atoms with Crippen LogP contribution in [0.25, 0.3) is 65.7 Å². The predicted octanol–water partition coefficient (Wildman–Crippen LogP) is 11.7. The van der Waals surface area contributed by atoms with Crippen molar-refractivity contribution in [3.63, 3.8) is 0 Å². The number of para-hydroxylation sites is 1. The Labute approximate surface area is 295 Å². The smallest absolute Gasteiger partial charge is 0.160 e. The van der Waals surface area contributed by atoms with E-state index in [1.807, 2.05) is 18.2 Å². The van der Waals surface area contributed by atoms with Crippen LogP contribution in [-0.4, -0.2) is 11.7 Å². The number of nitrogens with zero attached hydrogens (tertiary/aromatic N) is 2. The average molecular weight is 654 g/mol. The Hall–Kier alpha value is -6.78. The third kappa shape index (κ3) is 5.17. The molecule has 1 unspecified atom stereocenters. The summed E-state index contributed by atoms with van der Waals surface area (Å²) >= 11 is 0. The molecule has 9 aromatic rings. The first-order valence-electron chi connectivity index (χ1n) is 17.3. The molecule has 2 heterocycles. The van der Waals surface area contributed by atoms with E-state index >= 15 is 0 Å². The second-order valence-electron chi connectivity index (χ2n) is 13.0. The van der Waals surface area contributed by atoms with Crippen LogP contribution >= 0.6 is 0 Å². The summed E-state index contributed by atoms with van der Waals surface area (Å²) in [5, 5.41) is 10.5. The van der Waals surface area contributed by atoms with Crippen molar-refractivity contribution < 1.29 is 4.42 Å². The Balaban J connectivity index is 1.16. The van der Waals surface area contributed by atoms with Crippen molar-refractivity contribution in [2.75, 3.05) is 0 Å². The van der Waals surface area contributed by atoms with E-state index in [-0.39, 0.29) is 6.17 Å². The first-order valence-corrected chi connectivity index (χ1v) is 17.3. The Morgan fingerprint density at radius 1 is 0.471 bits per heavy atom. The van der Waals surface area contributed by atoms with E-state index in [0.29, 0.717) is 5.84 Å². The highest BCUT2D eigenvalue weighted by Crippen LogP contribution is 2.40. The minimum atomic E-state index is -0.326. The van der Waals surface area contributed by atoms with E-state index in [1.165, 1.54) is 27.3 Å². The van der Waals surface area contributed by atoms with E-state index in [4.69, 9.17) is 14.4 Å². The third-order valence-electron chi connectivity index (χ3n) is 9.91. The lowest BCUT2D eigenvalue weighted by Crippen LogP contribution is -2.33. The molecule has 0 saturated heterocycles. The molecule has 0 spiro atoms. The van der Waals surface area contributed by atoms with Crippen molar-refractivity contribution >= 4 is 55.2 Å². The molecule has 1 aliphatic rings. The number of nitrogens with one attached hydrogen (secondary N) is 1. The molecular weight excluding hydrogens is 623 g/mol. The summed E-state index contributed by atoms with van der Waals surface area (Å²) in [5.74, 6) is 1.44. The van der Waals surface area contributed by atoms with Gasteiger partial charge in [-0.1, -0.05) is 140 Å². The fourth-order valence-electron chi connectivity index (χ4n) is 7.32. The lowest BCUT2D eigenvalue weighted by molar-refractivity contribution is 0.669. The Kier molecular flexibility index (Phi) is 6.85. The van der Waals surface area contributed by atoms with Gasteiger partial charge in [0.2, 0.25) is 0 Å². The largest absolute Gasteiger partial charge is 0.455 e. The number of benzene rings is 8. The molecule has 0 radical (unpaired) electrons. The number of aliphatic imine (C=N–C) groups is 2. The van der Waals surface area contributed by atoms with Crippen LogP contribution in [0.1, 0.15) is 22.9 Å². The summed E-state index contributed by atoms with van der Waals surface area (Å²) in [6.45, 7) is 0. The Morgan fingerprint density at radius 2 is 1.10 bits per heavy atom. The molecule has 4 nitrogen and oxygen atoms in total. The molecule has 240 valence electrons. The molecule has 1 atom stereocenters. The second-order valence-corrected chi connectivity index (χ2v) is 13.0. The highest BCUT2D eigenvalue weighted by molar-refractivity contribution is 6.24. The van der Waals surface area contributed by atoms with Crippen LogP contribution in [-0.2, 0) is 0 Å². The van der Waals surface area contributed by atoms with E-state index in [0.717, 1.165) is 61.0 Å². The first kappa shape index (κ1) is 29.2. The molecule has 51 heavy (non-hydrogen) atoms. The van der Waals surface area contributed by atoms with Crippen molar-refractivity contribution in [2.45, 2.75) is 6.17 Å². The molecule has 0 saturated carbocycles. The van der Waals surface area contributed by atoms with Gasteiger partial charge in [0, 0.05) is 27.5 Å². The molecule has 0 aliphatic carbocycles. The maximum Gasteiger partial charge on any atom is 0.160 e. The molecular formula is C47H31N3O. The SMILES string of the molecule is c1ccc(-c2ccc3ccc(C4=NC(c5ccc(-c6ccc7ccccc7c6)c6oc7ccccc7c56)=NC(c5ccccc5)N4)cc3c2)cc1. The topological polar surface area (TPSA) is 49.9 Å². The summed E-state index contributed by atoms with van der Waals surface area (Å²) in [6, 6.07) is 61.7. The second kappa shape index (κ2) is 12.0. The fourth-order valence-corrected chi connectivity index (χ4v) is 7.32. The lowest BCUT2D eigenvalue weighted by Gasteiger charge is -2.24. The molecule has 1 N–H and O–H groups in total. The molecule has 0 bridgehead atoms. The van der Waals surface area contributed by atoms with Crippen LogP contribution < -0.4 is 5.32 Å². The van der Waals surface area contributed by atoms with Gasteiger partial charge >= 0.3 is 0 Å². The van der Waals surface area contributed by atoms with Crippen LogP contribution in [0.4, 0.5) is 0 Å². The summed E-state index contributed by atoms with van der Waals surface area (Å²) < 4.78 is 6.68. The van der Waals surface area contributed by atoms with Crippen LogP contribution in [0, 0.1) is 0 Å². The van der Waals surface area contributed by atoms with Gasteiger partial charge in [0.05, 0.1) is 0 Å². The van der Waals surface area contributed by atoms with E-state index in [9.17, 15) is 0 Å². The van der Waals surface area contributed by atoms with Crippen molar-refractivity contribution in [1.29, 1.82) is 0 Å². The predicted molar refractivity (Wildman–Crippen MR) is 211 cm³/mol. The van der Waals surface area contributed by atoms with Gasteiger partial charge < -0.3 is 9.73 Å². The number of rotatable bonds is 5. The molecule has 8 aromatic carbocycles. The van der Waals surface area contributed by atoms with Gasteiger partial charge in [-0.25, -0.2) is 9.98 Å². The first-order chi connectivity index (χ1) is 25.2. The molecule has 1 aromatic heterocycles. The number of amidine groups is 2. The summed E-state index contributed by atoms with van der Waals surface area (Å²) in [4.78, 5) is 10.5. The van der Waals surface area contributed by atoms with Crippen LogP contribution in [0.3, 0.4) is 0 Å². The van der Waals surface area contributed by atoms with Gasteiger partial charge in [-0.05, 0) is 80.2 Å². The Morgan fingerprint density at radius 3 is 1.94 bits per heavy atom. The zero-order valence-electron chi connectivity index (χ0n) is 27.6. The average Bonchev–Trinajstić information content (AvgIpc) is 3.60. The highest BCUT2D eigenvalue weighted by Gasteiger charge is 2.25.